The molecule has 2 aliphatic carbocycles. The molecule has 1 heterocycles. The average molecular weight is 708 g/mol. The second-order valence-electron chi connectivity index (χ2n) is 15.7. The highest BCUT2D eigenvalue weighted by Crippen LogP contribution is 2.39. The first-order valence-electron chi connectivity index (χ1n) is 19.5. The maximum Gasteiger partial charge on any atom is 0.245 e. The Morgan fingerprint density at radius 1 is 0.941 bits per heavy atom. The molecule has 0 spiro atoms. The molecule has 11 nitrogen and oxygen atoms in total. The first-order chi connectivity index (χ1) is 24.5. The fraction of sp³-hybridized carbons (Fsp3) is 0.725. The molecule has 2 saturated carbocycles. The summed E-state index contributed by atoms with van der Waals surface area (Å²) in [4.78, 5) is 73.5. The zero-order valence-electron chi connectivity index (χ0n) is 31.0. The van der Waals surface area contributed by atoms with Crippen LogP contribution in [0.1, 0.15) is 108 Å². The lowest BCUT2D eigenvalue weighted by Gasteiger charge is -2.41. The Morgan fingerprint density at radius 3 is 2.20 bits per heavy atom. The van der Waals surface area contributed by atoms with Gasteiger partial charge in [0.05, 0.1) is 24.0 Å². The van der Waals surface area contributed by atoms with E-state index in [1.807, 2.05) is 55.6 Å². The number of unbranched alkanes of at least 4 members (excludes halogenated alkanes) is 1. The summed E-state index contributed by atoms with van der Waals surface area (Å²) in [6, 6.07) is 6.51. The van der Waals surface area contributed by atoms with Crippen molar-refractivity contribution in [1.29, 1.82) is 0 Å². The van der Waals surface area contributed by atoms with Crippen LogP contribution in [-0.2, 0) is 30.4 Å². The summed E-state index contributed by atoms with van der Waals surface area (Å²) in [6.07, 6.45) is 14.8. The van der Waals surface area contributed by atoms with Gasteiger partial charge in [-0.25, -0.2) is 0 Å². The molecule has 1 aromatic rings. The Bertz CT molecular complexity index is 1300. The van der Waals surface area contributed by atoms with Gasteiger partial charge in [0.15, 0.2) is 17.1 Å². The van der Waals surface area contributed by atoms with Crippen LogP contribution < -0.4 is 22.5 Å². The van der Waals surface area contributed by atoms with Crippen molar-refractivity contribution in [2.75, 3.05) is 27.2 Å². The summed E-state index contributed by atoms with van der Waals surface area (Å²) in [5.74, 6) is -2.73. The number of carbonyl (C=O) groups is 4. The molecule has 1 aliphatic heterocycles. The van der Waals surface area contributed by atoms with E-state index < -0.39 is 41.4 Å². The SMILES string of the molecule is CN(C)[C@@H](Cc1ccccc1)C(=O)N[C@@H](CCCCN)C(=O)N1CCC[C@H]1C(=O)C(C1CCCCC1)[C@](N)([C]=O)C(=O)[C@H](N)CC1CCCCC1. The maximum atomic E-state index is 14.8. The topological polar surface area (TPSA) is 182 Å². The van der Waals surface area contributed by atoms with Crippen molar-refractivity contribution in [3.05, 3.63) is 35.9 Å². The normalized spacial score (nSPS) is 22.5. The predicted molar refractivity (Wildman–Crippen MR) is 199 cm³/mol. The summed E-state index contributed by atoms with van der Waals surface area (Å²) >= 11 is 0. The molecule has 11 heteroatoms. The number of likely N-dealkylation sites (tertiary alicyclic amines) is 1. The fourth-order valence-electron chi connectivity index (χ4n) is 8.86. The smallest absolute Gasteiger partial charge is 0.245 e. The zero-order chi connectivity index (χ0) is 37.0. The molecule has 1 aromatic carbocycles. The van der Waals surface area contributed by atoms with E-state index in [9.17, 15) is 24.0 Å². The quantitative estimate of drug-likeness (QED) is 0.124. The van der Waals surface area contributed by atoms with Gasteiger partial charge in [0, 0.05) is 6.54 Å². The molecule has 1 unspecified atom stereocenters. The van der Waals surface area contributed by atoms with Crippen molar-refractivity contribution in [2.24, 2.45) is 35.0 Å². The second-order valence-corrected chi connectivity index (χ2v) is 15.7. The van der Waals surface area contributed by atoms with Gasteiger partial charge in [0.25, 0.3) is 0 Å². The van der Waals surface area contributed by atoms with Crippen LogP contribution in [0.3, 0.4) is 0 Å². The average Bonchev–Trinajstić information content (AvgIpc) is 3.64. The van der Waals surface area contributed by atoms with E-state index >= 15 is 0 Å². The number of nitrogens with two attached hydrogens (primary N) is 3. The van der Waals surface area contributed by atoms with Crippen LogP contribution >= 0.6 is 0 Å². The number of likely N-dealkylation sites (N-methyl/N-ethyl adjacent to an activating group) is 1. The van der Waals surface area contributed by atoms with Crippen molar-refractivity contribution in [3.8, 4) is 0 Å². The summed E-state index contributed by atoms with van der Waals surface area (Å²) in [5.41, 5.74) is 17.9. The molecule has 6 atom stereocenters. The van der Waals surface area contributed by atoms with E-state index in [-0.39, 0.29) is 29.4 Å². The lowest BCUT2D eigenvalue weighted by Crippen LogP contribution is -2.66. The Kier molecular flexibility index (Phi) is 15.8. The molecule has 3 fully saturated rings. The van der Waals surface area contributed by atoms with Gasteiger partial charge in [-0.05, 0) is 95.8 Å². The standard InChI is InChI=1S/C40H63N6O5/c1-45(2)34(26-29-17-8-4-9-18-29)38(50)44-32(21-12-13-23-41)39(51)46-24-14-22-33(46)36(48)35(30-19-10-5-11-20-30)40(43,27-47)37(49)31(42)25-28-15-6-3-7-16-28/h4,8-9,17-18,28,30-35H,3,5-7,10-16,19-26,41-43H2,1-2H3,(H,44,50)/t31-,32+,33+,34+,35?,40-/m1/s1. The highest BCUT2D eigenvalue weighted by Gasteiger charge is 2.54. The minimum Gasteiger partial charge on any atom is -0.343 e. The number of nitrogens with zero attached hydrogens (tertiary/aromatic N) is 2. The van der Waals surface area contributed by atoms with E-state index in [1.165, 1.54) is 6.42 Å². The number of hydrogen-bond acceptors (Lipinski definition) is 9. The van der Waals surface area contributed by atoms with Gasteiger partial charge in [-0.2, -0.15) is 0 Å². The molecule has 283 valence electrons. The van der Waals surface area contributed by atoms with Crippen molar-refractivity contribution < 1.29 is 24.0 Å². The van der Waals surface area contributed by atoms with E-state index in [4.69, 9.17) is 17.2 Å². The van der Waals surface area contributed by atoms with Crippen LogP contribution in [0.5, 0.6) is 0 Å². The number of hydrogen-bond donors (Lipinski definition) is 4. The second kappa shape index (κ2) is 19.7. The van der Waals surface area contributed by atoms with E-state index in [1.54, 1.807) is 4.90 Å². The number of benzene rings is 1. The van der Waals surface area contributed by atoms with Crippen molar-refractivity contribution in [3.63, 3.8) is 0 Å². The molecule has 51 heavy (non-hydrogen) atoms. The number of ketones is 2. The summed E-state index contributed by atoms with van der Waals surface area (Å²) < 4.78 is 0. The number of Topliss-reactive ketones (excluding diaryl/α,β-unsaturated/α-hetero) is 2. The molecule has 0 aromatic heterocycles. The van der Waals surface area contributed by atoms with Gasteiger partial charge >= 0.3 is 0 Å². The zero-order valence-corrected chi connectivity index (χ0v) is 31.0. The number of amides is 2. The maximum absolute atomic E-state index is 14.8. The molecule has 3 aliphatic rings. The fourth-order valence-corrected chi connectivity index (χ4v) is 8.86. The van der Waals surface area contributed by atoms with E-state index in [0.29, 0.717) is 70.9 Å². The molecule has 0 bridgehead atoms. The van der Waals surface area contributed by atoms with E-state index in [2.05, 4.69) is 5.32 Å². The first kappa shape index (κ1) is 40.8. The minimum absolute atomic E-state index is 0.272. The third kappa shape index (κ3) is 10.6. The van der Waals surface area contributed by atoms with Crippen molar-refractivity contribution in [1.82, 2.24) is 15.1 Å². The summed E-state index contributed by atoms with van der Waals surface area (Å²) in [6.45, 7) is 0.781. The number of rotatable bonds is 19. The third-order valence-corrected chi connectivity index (χ3v) is 11.8. The van der Waals surface area contributed by atoms with Crippen LogP contribution in [0.15, 0.2) is 30.3 Å². The number of carbonyl (C=O) groups excluding carboxylic acids is 5. The predicted octanol–water partition coefficient (Wildman–Crippen LogP) is 3.20. The van der Waals surface area contributed by atoms with Gasteiger partial charge in [-0.1, -0.05) is 81.7 Å². The molecule has 4 rings (SSSR count). The highest BCUT2D eigenvalue weighted by molar-refractivity contribution is 6.11. The molecule has 7 N–H and O–H groups in total. The lowest BCUT2D eigenvalue weighted by molar-refractivity contribution is -0.145. The van der Waals surface area contributed by atoms with E-state index in [0.717, 1.165) is 50.5 Å². The summed E-state index contributed by atoms with van der Waals surface area (Å²) in [5, 5.41) is 3.04. The van der Waals surface area contributed by atoms with Crippen LogP contribution in [-0.4, -0.2) is 96.4 Å². The van der Waals surface area contributed by atoms with Crippen molar-refractivity contribution >= 4 is 29.7 Å². The Morgan fingerprint density at radius 2 is 1.59 bits per heavy atom. The van der Waals surface area contributed by atoms with Gasteiger partial charge in [-0.15, -0.1) is 0 Å². The molecule has 1 radical (unpaired) electrons. The lowest BCUT2D eigenvalue weighted by atomic mass is 9.65. The van der Waals surface area contributed by atoms with Crippen molar-refractivity contribution in [2.45, 2.75) is 139 Å². The largest absolute Gasteiger partial charge is 0.343 e. The van der Waals surface area contributed by atoms with Gasteiger partial charge in [0.1, 0.15) is 6.04 Å². The Hall–Kier alpha value is -2.99. The molecule has 2 amide bonds. The third-order valence-electron chi connectivity index (χ3n) is 11.8. The minimum atomic E-state index is -2.20. The number of nitrogens with one attached hydrogen (secondary N) is 1. The monoisotopic (exact) mass is 707 g/mol. The van der Waals surface area contributed by atoms with Crippen LogP contribution in [0.25, 0.3) is 0 Å². The molecular formula is C40H63N6O5. The first-order valence-corrected chi connectivity index (χ1v) is 19.5. The van der Waals surface area contributed by atoms with Crippen LogP contribution in [0.4, 0.5) is 0 Å². The Balaban J connectivity index is 1.58. The van der Waals surface area contributed by atoms with Gasteiger partial charge in [-0.3, -0.25) is 28.9 Å². The van der Waals surface area contributed by atoms with Crippen LogP contribution in [0, 0.1) is 17.8 Å². The summed E-state index contributed by atoms with van der Waals surface area (Å²) in [7, 11) is 3.68. The van der Waals surface area contributed by atoms with Crippen LogP contribution in [0.2, 0.25) is 0 Å². The molecular weight excluding hydrogens is 644 g/mol. The Labute approximate surface area is 305 Å². The van der Waals surface area contributed by atoms with Gasteiger partial charge < -0.3 is 27.4 Å². The molecule has 1 saturated heterocycles. The highest BCUT2D eigenvalue weighted by atomic mass is 16.2. The van der Waals surface area contributed by atoms with Gasteiger partial charge in [0.2, 0.25) is 18.1 Å².